The number of amides is 2. The van der Waals surface area contributed by atoms with Crippen LogP contribution in [0.3, 0.4) is 0 Å². The van der Waals surface area contributed by atoms with Crippen LogP contribution in [0.4, 0.5) is 0 Å². The van der Waals surface area contributed by atoms with Gasteiger partial charge in [0, 0.05) is 26.4 Å². The minimum atomic E-state index is -0.691. The molecule has 0 bridgehead atoms. The topological polar surface area (TPSA) is 100 Å². The third kappa shape index (κ3) is 44.3. The zero-order valence-electron chi connectivity index (χ0n) is 62.8. The Morgan fingerprint density at radius 3 is 0.792 bits per heavy atom. The van der Waals surface area contributed by atoms with Crippen LogP contribution in [0.1, 0.15) is 382 Å². The Morgan fingerprint density at radius 1 is 0.323 bits per heavy atom. The summed E-state index contributed by atoms with van der Waals surface area (Å²) in [5, 5.41) is 0. The molecule has 3 aliphatic rings. The standard InChI is InChI=1S/C48H75NO4.C40H73NO2/c1-3-5-7-9-11-13-15-17-19-21-23-25-27-29-31-35-41-52-47(48(39-40-48)49-45(50)43-37-33-34-38-44(43)46(49)51)53-42-36-32-30-28-26-24-22-20-18-16-14-12-10-8-6-4-2;1-3-5-7-9-11-13-15-17-19-21-23-25-27-29-31-33-37-42-39(40(41)35-36-40)43-38-34-32-30-28-26-24-22-20-18-16-14-12-10-8-6-4-2/h11-14,17-20,33-34,37-38,47H,3-10,15-16,21-32,35-36,39-42H2,1-2H3;11-14,17-20,39H,3-10,15-16,21-38,41H2,1-2H3/b2*13-11-,14-12-,19-17-,20-18-. The average molecular weight is 1330 g/mol. The van der Waals surface area contributed by atoms with E-state index >= 15 is 0 Å². The van der Waals surface area contributed by atoms with Crippen LogP contribution in [-0.2, 0) is 18.9 Å². The molecule has 0 saturated heterocycles. The first-order valence-electron chi connectivity index (χ1n) is 40.8. The largest absolute Gasteiger partial charge is 0.351 e. The lowest BCUT2D eigenvalue weighted by atomic mass is 10.1. The van der Waals surface area contributed by atoms with Crippen LogP contribution in [0.25, 0.3) is 0 Å². The van der Waals surface area contributed by atoms with Crippen molar-refractivity contribution in [3.8, 4) is 0 Å². The number of allylic oxidation sites excluding steroid dienone is 16. The van der Waals surface area contributed by atoms with Gasteiger partial charge in [-0.25, -0.2) is 0 Å². The fourth-order valence-corrected chi connectivity index (χ4v) is 12.5. The number of unbranched alkanes of at least 4 members (excludes halogenated alkanes) is 36. The third-order valence-corrected chi connectivity index (χ3v) is 19.2. The number of benzene rings is 1. The summed E-state index contributed by atoms with van der Waals surface area (Å²) in [5.41, 5.74) is 6.55. The summed E-state index contributed by atoms with van der Waals surface area (Å²) < 4.78 is 25.2. The summed E-state index contributed by atoms with van der Waals surface area (Å²) in [7, 11) is 0. The molecule has 1 aliphatic heterocycles. The fourth-order valence-electron chi connectivity index (χ4n) is 12.5. The van der Waals surface area contributed by atoms with Gasteiger partial charge in [-0.15, -0.1) is 0 Å². The highest BCUT2D eigenvalue weighted by molar-refractivity contribution is 6.22. The summed E-state index contributed by atoms with van der Waals surface area (Å²) in [6.45, 7) is 11.8. The van der Waals surface area contributed by atoms with E-state index in [1.54, 1.807) is 12.1 Å². The van der Waals surface area contributed by atoms with Crippen molar-refractivity contribution in [2.45, 2.75) is 385 Å². The monoisotopic (exact) mass is 1330 g/mol. The second-order valence-electron chi connectivity index (χ2n) is 28.3. The predicted octanol–water partition coefficient (Wildman–Crippen LogP) is 26.3. The molecule has 96 heavy (non-hydrogen) atoms. The van der Waals surface area contributed by atoms with Crippen molar-refractivity contribution < 1.29 is 28.5 Å². The number of nitrogens with zero attached hydrogens (tertiary/aromatic N) is 1. The lowest BCUT2D eigenvalue weighted by Gasteiger charge is -2.33. The van der Waals surface area contributed by atoms with Gasteiger partial charge in [-0.3, -0.25) is 14.5 Å². The predicted molar refractivity (Wildman–Crippen MR) is 414 cm³/mol. The Kier molecular flexibility index (Phi) is 55.8. The molecule has 0 aromatic heterocycles. The van der Waals surface area contributed by atoms with Gasteiger partial charge in [0.15, 0.2) is 12.6 Å². The molecule has 1 aromatic carbocycles. The van der Waals surface area contributed by atoms with Gasteiger partial charge in [-0.05, 0) is 192 Å². The van der Waals surface area contributed by atoms with Gasteiger partial charge < -0.3 is 24.7 Å². The van der Waals surface area contributed by atoms with Crippen LogP contribution in [0.5, 0.6) is 0 Å². The Labute approximate surface area is 592 Å². The molecule has 2 aliphatic carbocycles. The smallest absolute Gasteiger partial charge is 0.262 e. The number of hydrogen-bond acceptors (Lipinski definition) is 7. The van der Waals surface area contributed by atoms with Crippen molar-refractivity contribution in [2.24, 2.45) is 5.73 Å². The summed E-state index contributed by atoms with van der Waals surface area (Å²) in [5.74, 6) is -0.412. The molecule has 1 aromatic rings. The summed E-state index contributed by atoms with van der Waals surface area (Å²) in [6, 6.07) is 7.18. The minimum absolute atomic E-state index is 0.205. The molecule has 1 heterocycles. The van der Waals surface area contributed by atoms with E-state index in [0.717, 1.165) is 103 Å². The maximum absolute atomic E-state index is 13.4. The molecular weight excluding hydrogens is 1180 g/mol. The van der Waals surface area contributed by atoms with Gasteiger partial charge in [0.2, 0.25) is 0 Å². The van der Waals surface area contributed by atoms with Crippen LogP contribution in [-0.4, -0.2) is 66.8 Å². The Bertz CT molecular complexity index is 2090. The van der Waals surface area contributed by atoms with Gasteiger partial charge in [0.25, 0.3) is 11.8 Å². The summed E-state index contributed by atoms with van der Waals surface area (Å²) >= 11 is 0. The van der Waals surface area contributed by atoms with E-state index < -0.39 is 11.8 Å². The lowest BCUT2D eigenvalue weighted by Crippen LogP contribution is -2.51. The number of carbonyl (C=O) groups excluding carboxylic acids is 2. The van der Waals surface area contributed by atoms with Gasteiger partial charge in [-0.1, -0.05) is 291 Å². The Hall–Kier alpha value is -3.92. The molecule has 0 atom stereocenters. The maximum atomic E-state index is 13.4. The van der Waals surface area contributed by atoms with E-state index in [4.69, 9.17) is 24.7 Å². The van der Waals surface area contributed by atoms with Crippen molar-refractivity contribution in [1.29, 1.82) is 0 Å². The van der Waals surface area contributed by atoms with Crippen molar-refractivity contribution in [2.75, 3.05) is 26.4 Å². The SMILES string of the molecule is CCCCC/C=C\C/C=C\CCCCCCCCOC(OCCCCCCCC/C=C\C/C=C\CCCCC)C1(N)CC1.CCCCC/C=C\C/C=C\CCCCCCCCOC(OCCCCCCCC/C=C\C/C=C\CCCCC)C1(N2C(=O)c3ccccc3C2=O)CC1. The molecule has 0 spiro atoms. The number of fused-ring (bicyclic) bond motifs is 1. The van der Waals surface area contributed by atoms with Gasteiger partial charge in [0.05, 0.1) is 16.7 Å². The van der Waals surface area contributed by atoms with Crippen molar-refractivity contribution >= 4 is 11.8 Å². The normalized spacial score (nSPS) is 15.3. The van der Waals surface area contributed by atoms with E-state index in [1.165, 1.54) is 249 Å². The average Bonchev–Trinajstić information content (AvgIpc) is 1.56. The summed E-state index contributed by atoms with van der Waals surface area (Å²) in [4.78, 5) is 28.4. The number of rotatable bonds is 67. The quantitative estimate of drug-likeness (QED) is 0.0300. The molecular formula is C88H148N2O6. The zero-order valence-corrected chi connectivity index (χ0v) is 62.8. The molecule has 2 N–H and O–H groups in total. The number of carbonyl (C=O) groups is 2. The van der Waals surface area contributed by atoms with Gasteiger partial charge >= 0.3 is 0 Å². The Balaban J connectivity index is 0.000000512. The molecule has 0 radical (unpaired) electrons. The number of imide groups is 1. The van der Waals surface area contributed by atoms with Crippen molar-refractivity contribution in [3.63, 3.8) is 0 Å². The second kappa shape index (κ2) is 62.1. The highest BCUT2D eigenvalue weighted by Gasteiger charge is 2.62. The van der Waals surface area contributed by atoms with Crippen LogP contribution >= 0.6 is 0 Å². The molecule has 0 unspecified atom stereocenters. The lowest BCUT2D eigenvalue weighted by molar-refractivity contribution is -0.179. The third-order valence-electron chi connectivity index (χ3n) is 19.2. The summed E-state index contributed by atoms with van der Waals surface area (Å²) in [6.07, 6.45) is 99.2. The molecule has 2 fully saturated rings. The molecule has 2 amide bonds. The number of nitrogens with two attached hydrogens (primary N) is 1. The van der Waals surface area contributed by atoms with Crippen molar-refractivity contribution in [3.05, 3.63) is 133 Å². The first kappa shape index (κ1) is 86.3. The van der Waals surface area contributed by atoms with E-state index in [-0.39, 0.29) is 23.6 Å². The number of ether oxygens (including phenoxy) is 4. The van der Waals surface area contributed by atoms with Crippen LogP contribution in [0.2, 0.25) is 0 Å². The second-order valence-corrected chi connectivity index (χ2v) is 28.3. The van der Waals surface area contributed by atoms with E-state index in [9.17, 15) is 9.59 Å². The van der Waals surface area contributed by atoms with Crippen LogP contribution in [0, 0.1) is 0 Å². The highest BCUT2D eigenvalue weighted by Crippen LogP contribution is 2.50. The molecule has 4 rings (SSSR count). The molecule has 8 heteroatoms. The molecule has 2 saturated carbocycles. The maximum Gasteiger partial charge on any atom is 0.262 e. The van der Waals surface area contributed by atoms with E-state index in [1.807, 2.05) is 12.1 Å². The first-order chi connectivity index (χ1) is 47.4. The number of hydrogen-bond donors (Lipinski definition) is 1. The first-order valence-corrected chi connectivity index (χ1v) is 40.8. The van der Waals surface area contributed by atoms with Gasteiger partial charge in [-0.2, -0.15) is 0 Å². The Morgan fingerprint density at radius 2 is 0.552 bits per heavy atom. The highest BCUT2D eigenvalue weighted by atomic mass is 16.7. The van der Waals surface area contributed by atoms with E-state index in [2.05, 4.69) is 125 Å². The molecule has 8 nitrogen and oxygen atoms in total. The fraction of sp³-hybridized carbons (Fsp3) is 0.727. The van der Waals surface area contributed by atoms with Crippen LogP contribution < -0.4 is 5.73 Å². The van der Waals surface area contributed by atoms with E-state index in [0.29, 0.717) is 24.3 Å². The van der Waals surface area contributed by atoms with Crippen molar-refractivity contribution in [1.82, 2.24) is 4.90 Å². The zero-order chi connectivity index (χ0) is 68.6. The van der Waals surface area contributed by atoms with Crippen LogP contribution in [0.15, 0.2) is 121 Å². The molecule has 546 valence electrons. The minimum Gasteiger partial charge on any atom is -0.351 e. The van der Waals surface area contributed by atoms with Gasteiger partial charge in [0.1, 0.15) is 5.54 Å².